The molecule has 1 saturated carbocycles. The molecule has 0 amide bonds. The molecule has 1 aliphatic heterocycles. The van der Waals surface area contributed by atoms with Crippen molar-refractivity contribution in [2.75, 3.05) is 31.2 Å². The first-order chi connectivity index (χ1) is 16.3. The molecular formula is C22H27N9O2. The van der Waals surface area contributed by atoms with Crippen LogP contribution in [0.4, 0.5) is 5.82 Å². The fourth-order valence-corrected chi connectivity index (χ4v) is 4.64. The van der Waals surface area contributed by atoms with Gasteiger partial charge in [0, 0.05) is 50.8 Å². The van der Waals surface area contributed by atoms with Gasteiger partial charge in [-0.15, -0.1) is 10.2 Å². The Bertz CT molecular complexity index is 1200. The molecule has 6 rings (SSSR count). The molecule has 0 unspecified atom stereocenters. The molecule has 4 aromatic rings. The van der Waals surface area contributed by atoms with Crippen LogP contribution in [0.1, 0.15) is 33.2 Å². The van der Waals surface area contributed by atoms with E-state index in [0.29, 0.717) is 31.0 Å². The summed E-state index contributed by atoms with van der Waals surface area (Å²) in [6.07, 6.45) is 11.7. The van der Waals surface area contributed by atoms with Crippen LogP contribution in [0, 0.1) is 0 Å². The van der Waals surface area contributed by atoms with Gasteiger partial charge in [0.2, 0.25) is 11.7 Å². The first kappa shape index (κ1) is 20.0. The molecule has 1 aliphatic carbocycles. The summed E-state index contributed by atoms with van der Waals surface area (Å²) in [5.41, 5.74) is 1.60. The van der Waals surface area contributed by atoms with Crippen molar-refractivity contribution in [3.05, 3.63) is 37.1 Å². The number of nitrogens with one attached hydrogen (secondary N) is 1. The Hall–Kier alpha value is -3.60. The Morgan fingerprint density at radius 1 is 1.12 bits per heavy atom. The largest absolute Gasteiger partial charge is 0.474 e. The summed E-state index contributed by atoms with van der Waals surface area (Å²) in [6, 6.07) is 4.47. The van der Waals surface area contributed by atoms with Crippen LogP contribution >= 0.6 is 0 Å². The maximum absolute atomic E-state index is 6.54. The molecule has 33 heavy (non-hydrogen) atoms. The Labute approximate surface area is 191 Å². The highest BCUT2D eigenvalue weighted by Crippen LogP contribution is 2.34. The minimum Gasteiger partial charge on any atom is -0.474 e. The van der Waals surface area contributed by atoms with E-state index in [1.807, 2.05) is 30.9 Å². The third kappa shape index (κ3) is 4.11. The molecule has 11 heteroatoms. The number of ether oxygens (including phenoxy) is 2. The van der Waals surface area contributed by atoms with Crippen molar-refractivity contribution >= 4 is 16.7 Å². The highest BCUT2D eigenvalue weighted by molar-refractivity contribution is 5.88. The molecule has 0 spiro atoms. The number of aromatic amines is 1. The zero-order valence-electron chi connectivity index (χ0n) is 18.2. The van der Waals surface area contributed by atoms with Crippen molar-refractivity contribution in [3.63, 3.8) is 0 Å². The van der Waals surface area contributed by atoms with E-state index in [-0.39, 0.29) is 7.53 Å². The Morgan fingerprint density at radius 3 is 2.76 bits per heavy atom. The molecule has 0 aromatic carbocycles. The topological polar surface area (TPSA) is 120 Å². The number of aromatic nitrogens is 8. The maximum atomic E-state index is 6.54. The van der Waals surface area contributed by atoms with Gasteiger partial charge in [-0.05, 0) is 37.0 Å². The van der Waals surface area contributed by atoms with Crippen molar-refractivity contribution in [1.82, 2.24) is 40.1 Å². The average Bonchev–Trinajstić information content (AvgIpc) is 3.60. The Kier molecular flexibility index (Phi) is 5.31. The van der Waals surface area contributed by atoms with E-state index < -0.39 is 0 Å². The second-order valence-corrected chi connectivity index (χ2v) is 8.47. The standard InChI is InChI=1S/C22H25N9O2.H2/c1-3-17(4-2-16(1)31-6-5-23-14-31)33-22-18-11-15(21-26-28-29-27-21)13-24-19(18)12-20(25-22)30-7-9-32-10-8-30;/h5-6,11-14,16-17H,1-4,7-10H2,(H,26,27,28,29);1H. The van der Waals surface area contributed by atoms with E-state index in [4.69, 9.17) is 14.5 Å². The lowest BCUT2D eigenvalue weighted by molar-refractivity contribution is 0.121. The molecule has 2 fully saturated rings. The molecular weight excluding hydrogens is 422 g/mol. The number of anilines is 1. The molecule has 0 bridgehead atoms. The minimum absolute atomic E-state index is 0. The van der Waals surface area contributed by atoms with Gasteiger partial charge in [-0.1, -0.05) is 0 Å². The number of fused-ring (bicyclic) bond motifs is 1. The number of rotatable bonds is 5. The van der Waals surface area contributed by atoms with Crippen LogP contribution in [0.15, 0.2) is 37.1 Å². The summed E-state index contributed by atoms with van der Waals surface area (Å²) >= 11 is 0. The number of morpholine rings is 1. The van der Waals surface area contributed by atoms with E-state index in [9.17, 15) is 0 Å². The second kappa shape index (κ2) is 8.74. The van der Waals surface area contributed by atoms with Crippen molar-refractivity contribution in [2.24, 2.45) is 0 Å². The monoisotopic (exact) mass is 449 g/mol. The van der Waals surface area contributed by atoms with Gasteiger partial charge in [0.25, 0.3) is 0 Å². The van der Waals surface area contributed by atoms with Gasteiger partial charge < -0.3 is 18.9 Å². The first-order valence-corrected chi connectivity index (χ1v) is 11.3. The van der Waals surface area contributed by atoms with Gasteiger partial charge >= 0.3 is 0 Å². The van der Waals surface area contributed by atoms with Gasteiger partial charge in [0.1, 0.15) is 11.9 Å². The number of hydrogen-bond donors (Lipinski definition) is 1. The number of pyridine rings is 2. The predicted octanol–water partition coefficient (Wildman–Crippen LogP) is 2.65. The first-order valence-electron chi connectivity index (χ1n) is 11.3. The van der Waals surface area contributed by atoms with Gasteiger partial charge in [-0.25, -0.2) is 4.98 Å². The van der Waals surface area contributed by atoms with Crippen molar-refractivity contribution in [1.29, 1.82) is 0 Å². The van der Waals surface area contributed by atoms with Gasteiger partial charge in [-0.3, -0.25) is 4.98 Å². The number of imidazole rings is 1. The van der Waals surface area contributed by atoms with E-state index in [2.05, 4.69) is 40.1 Å². The number of tetrazole rings is 1. The van der Waals surface area contributed by atoms with Gasteiger partial charge in [0.05, 0.1) is 30.4 Å². The van der Waals surface area contributed by atoms with Gasteiger partial charge in [0.15, 0.2) is 0 Å². The third-order valence-electron chi connectivity index (χ3n) is 6.44. The number of H-pyrrole nitrogens is 1. The van der Waals surface area contributed by atoms with Crippen LogP contribution in [-0.2, 0) is 4.74 Å². The van der Waals surface area contributed by atoms with E-state index in [1.165, 1.54) is 0 Å². The van der Waals surface area contributed by atoms with Gasteiger partial charge in [-0.2, -0.15) is 10.2 Å². The lowest BCUT2D eigenvalue weighted by Gasteiger charge is -2.31. The van der Waals surface area contributed by atoms with Crippen LogP contribution in [0.25, 0.3) is 22.3 Å². The molecule has 0 atom stereocenters. The van der Waals surface area contributed by atoms with Crippen molar-refractivity contribution < 1.29 is 10.9 Å². The van der Waals surface area contributed by atoms with Crippen molar-refractivity contribution in [3.8, 4) is 17.3 Å². The summed E-state index contributed by atoms with van der Waals surface area (Å²) in [7, 11) is 0. The summed E-state index contributed by atoms with van der Waals surface area (Å²) < 4.78 is 14.3. The van der Waals surface area contributed by atoms with Crippen molar-refractivity contribution in [2.45, 2.75) is 37.8 Å². The Morgan fingerprint density at radius 2 is 2.00 bits per heavy atom. The lowest BCUT2D eigenvalue weighted by atomic mass is 9.93. The smallest absolute Gasteiger partial charge is 0.225 e. The molecule has 172 valence electrons. The number of nitrogens with zero attached hydrogens (tertiary/aromatic N) is 8. The van der Waals surface area contributed by atoms with Crippen LogP contribution in [-0.4, -0.2) is 72.6 Å². The predicted molar refractivity (Wildman–Crippen MR) is 122 cm³/mol. The molecule has 4 aromatic heterocycles. The van der Waals surface area contributed by atoms with Crippen LogP contribution < -0.4 is 9.64 Å². The zero-order valence-corrected chi connectivity index (χ0v) is 18.2. The molecule has 1 N–H and O–H groups in total. The lowest BCUT2D eigenvalue weighted by Crippen LogP contribution is -2.36. The molecule has 1 saturated heterocycles. The van der Waals surface area contributed by atoms with E-state index in [0.717, 1.165) is 61.1 Å². The normalized spacial score (nSPS) is 21.4. The zero-order chi connectivity index (χ0) is 22.0. The minimum atomic E-state index is 0. The fraction of sp³-hybridized carbons (Fsp3) is 0.455. The number of hydrogen-bond acceptors (Lipinski definition) is 9. The van der Waals surface area contributed by atoms with Crippen LogP contribution in [0.5, 0.6) is 5.88 Å². The molecule has 0 radical (unpaired) electrons. The molecule has 5 heterocycles. The summed E-state index contributed by atoms with van der Waals surface area (Å²) in [4.78, 5) is 16.0. The summed E-state index contributed by atoms with van der Waals surface area (Å²) in [5.74, 6) is 1.97. The Balaban J connectivity index is 0.00000241. The third-order valence-corrected chi connectivity index (χ3v) is 6.44. The van der Waals surface area contributed by atoms with E-state index in [1.54, 1.807) is 6.20 Å². The van der Waals surface area contributed by atoms with Crippen LogP contribution in [0.3, 0.4) is 0 Å². The molecule has 11 nitrogen and oxygen atoms in total. The summed E-state index contributed by atoms with van der Waals surface area (Å²) in [6.45, 7) is 2.99. The highest BCUT2D eigenvalue weighted by Gasteiger charge is 2.25. The highest BCUT2D eigenvalue weighted by atomic mass is 16.5. The quantitative estimate of drug-likeness (QED) is 0.490. The average molecular weight is 450 g/mol. The maximum Gasteiger partial charge on any atom is 0.225 e. The molecule has 2 aliphatic rings. The summed E-state index contributed by atoms with van der Waals surface area (Å²) in [5, 5.41) is 15.2. The van der Waals surface area contributed by atoms with E-state index >= 15 is 0 Å². The SMILES string of the molecule is [HH].c1cn(C2CCC(Oc3nc(N4CCOCC4)cc4ncc(-c5nn[nH]n5)cc34)CC2)cn1. The fourth-order valence-electron chi connectivity index (χ4n) is 4.64. The second-order valence-electron chi connectivity index (χ2n) is 8.47. The van der Waals surface area contributed by atoms with Crippen LogP contribution in [0.2, 0.25) is 0 Å².